The molecule has 10 heteroatoms. The minimum atomic E-state index is -3.67. The summed E-state index contributed by atoms with van der Waals surface area (Å²) in [5.41, 5.74) is 0.267. The second-order valence-corrected chi connectivity index (χ2v) is 9.12. The highest BCUT2D eigenvalue weighted by Crippen LogP contribution is 2.38. The summed E-state index contributed by atoms with van der Waals surface area (Å²) < 4.78 is 26.7. The Hall–Kier alpha value is -2.85. The van der Waals surface area contributed by atoms with Crippen molar-refractivity contribution < 1.29 is 13.5 Å². The van der Waals surface area contributed by atoms with Crippen LogP contribution in [-0.2, 0) is 28.4 Å². The second-order valence-electron chi connectivity index (χ2n) is 7.21. The molecule has 0 spiro atoms. The zero-order valence-electron chi connectivity index (χ0n) is 16.2. The van der Waals surface area contributed by atoms with Crippen LogP contribution in [0.4, 0.5) is 0 Å². The first-order valence-electron chi connectivity index (χ1n) is 9.22. The molecule has 1 unspecified atom stereocenters. The highest BCUT2D eigenvalue weighted by atomic mass is 32.2. The van der Waals surface area contributed by atoms with Crippen molar-refractivity contribution in [1.82, 2.24) is 24.3 Å². The molecule has 0 saturated carbocycles. The van der Waals surface area contributed by atoms with Gasteiger partial charge < -0.3 is 5.11 Å². The maximum absolute atomic E-state index is 12.9. The van der Waals surface area contributed by atoms with Gasteiger partial charge in [-0.15, -0.1) is 6.58 Å². The van der Waals surface area contributed by atoms with Crippen LogP contribution < -0.4 is 5.56 Å². The number of aliphatic hydroxyl groups is 1. The van der Waals surface area contributed by atoms with Crippen LogP contribution in [-0.4, -0.2) is 44.1 Å². The lowest BCUT2D eigenvalue weighted by atomic mass is 9.98. The second kappa shape index (κ2) is 6.60. The highest BCUT2D eigenvalue weighted by molar-refractivity contribution is 7.90. The van der Waals surface area contributed by atoms with E-state index in [0.717, 1.165) is 18.2 Å². The lowest BCUT2D eigenvalue weighted by Gasteiger charge is -2.21. The van der Waals surface area contributed by atoms with E-state index in [2.05, 4.69) is 21.5 Å². The summed E-state index contributed by atoms with van der Waals surface area (Å²) in [7, 11) is -3.67. The van der Waals surface area contributed by atoms with Crippen molar-refractivity contribution in [2.75, 3.05) is 6.26 Å². The van der Waals surface area contributed by atoms with Gasteiger partial charge in [0.2, 0.25) is 15.0 Å². The zero-order valence-corrected chi connectivity index (χ0v) is 17.0. The Balaban J connectivity index is 2.05. The topological polar surface area (TPSA) is 120 Å². The maximum Gasteiger partial charge on any atom is 0.278 e. The van der Waals surface area contributed by atoms with Gasteiger partial charge in [-0.25, -0.2) is 27.7 Å². The molecule has 0 fully saturated rings. The maximum atomic E-state index is 12.9. The average Bonchev–Trinajstić information content (AvgIpc) is 3.17. The minimum Gasteiger partial charge on any atom is -0.384 e. The van der Waals surface area contributed by atoms with Crippen molar-refractivity contribution >= 4 is 20.9 Å². The Bertz CT molecular complexity index is 1310. The van der Waals surface area contributed by atoms with Crippen LogP contribution in [0.1, 0.15) is 31.0 Å². The number of hydrogen-bond donors (Lipinski definition) is 1. The summed E-state index contributed by atoms with van der Waals surface area (Å²) in [5, 5.41) is 10.7. The van der Waals surface area contributed by atoms with Gasteiger partial charge in [0.05, 0.1) is 12.2 Å². The fraction of sp³-hybridized carbons (Fsp3) is 0.368. The summed E-state index contributed by atoms with van der Waals surface area (Å²) in [5.74, 6) is 0.365. The predicted molar refractivity (Wildman–Crippen MR) is 107 cm³/mol. The van der Waals surface area contributed by atoms with Gasteiger partial charge in [0.1, 0.15) is 11.0 Å². The van der Waals surface area contributed by atoms with E-state index >= 15 is 0 Å². The molecule has 1 atom stereocenters. The number of aromatic nitrogens is 5. The van der Waals surface area contributed by atoms with Crippen molar-refractivity contribution in [3.05, 3.63) is 52.6 Å². The molecule has 4 rings (SSSR count). The van der Waals surface area contributed by atoms with Crippen LogP contribution in [0, 0.1) is 0 Å². The van der Waals surface area contributed by atoms with Gasteiger partial charge >= 0.3 is 0 Å². The van der Waals surface area contributed by atoms with E-state index in [1.807, 2.05) is 13.0 Å². The van der Waals surface area contributed by atoms with Gasteiger partial charge in [0.15, 0.2) is 11.5 Å². The Morgan fingerprint density at radius 3 is 2.76 bits per heavy atom. The Morgan fingerprint density at radius 1 is 1.34 bits per heavy atom. The molecular weight excluding hydrogens is 394 g/mol. The number of nitrogens with zero attached hydrogens (tertiary/aromatic N) is 5. The van der Waals surface area contributed by atoms with E-state index in [1.54, 1.807) is 12.1 Å². The fourth-order valence-corrected chi connectivity index (χ4v) is 4.21. The van der Waals surface area contributed by atoms with Crippen molar-refractivity contribution in [3.8, 4) is 5.82 Å². The summed E-state index contributed by atoms with van der Waals surface area (Å²) in [6, 6.07) is 3.61. The van der Waals surface area contributed by atoms with E-state index in [4.69, 9.17) is 0 Å². The van der Waals surface area contributed by atoms with Crippen LogP contribution in [0.15, 0.2) is 40.9 Å². The molecule has 3 aromatic heterocycles. The molecule has 1 aliphatic rings. The van der Waals surface area contributed by atoms with Crippen LogP contribution in [0.5, 0.6) is 0 Å². The number of fused-ring (bicyclic) bond motifs is 2. The van der Waals surface area contributed by atoms with Gasteiger partial charge in [-0.1, -0.05) is 19.1 Å². The van der Waals surface area contributed by atoms with E-state index in [9.17, 15) is 18.3 Å². The summed E-state index contributed by atoms with van der Waals surface area (Å²) >= 11 is 0. The molecule has 3 aromatic rings. The summed E-state index contributed by atoms with van der Waals surface area (Å²) in [6.07, 6.45) is 5.60. The molecule has 29 heavy (non-hydrogen) atoms. The number of sulfone groups is 1. The van der Waals surface area contributed by atoms with E-state index < -0.39 is 15.4 Å². The molecule has 1 aliphatic carbocycles. The fourth-order valence-electron chi connectivity index (χ4n) is 3.72. The largest absolute Gasteiger partial charge is 0.384 e. The smallest absolute Gasteiger partial charge is 0.278 e. The molecule has 3 heterocycles. The van der Waals surface area contributed by atoms with Gasteiger partial charge in [0, 0.05) is 12.5 Å². The molecule has 1 N–H and O–H groups in total. The third-order valence-electron chi connectivity index (χ3n) is 5.30. The first-order chi connectivity index (χ1) is 13.7. The lowest BCUT2D eigenvalue weighted by Crippen LogP contribution is -2.25. The zero-order chi connectivity index (χ0) is 21.0. The van der Waals surface area contributed by atoms with E-state index in [0.29, 0.717) is 24.4 Å². The van der Waals surface area contributed by atoms with Gasteiger partial charge in [0.25, 0.3) is 5.56 Å². The van der Waals surface area contributed by atoms with E-state index in [1.165, 1.54) is 15.6 Å². The number of allylic oxidation sites excluding steroid dienone is 1. The summed E-state index contributed by atoms with van der Waals surface area (Å²) in [6.45, 7) is 5.75. The molecule has 0 bridgehead atoms. The van der Waals surface area contributed by atoms with Crippen LogP contribution in [0.25, 0.3) is 16.9 Å². The third kappa shape index (κ3) is 2.99. The number of hydrogen-bond acceptors (Lipinski definition) is 7. The average molecular weight is 415 g/mol. The van der Waals surface area contributed by atoms with Crippen molar-refractivity contribution in [3.63, 3.8) is 0 Å². The standard InChI is InChI=1S/C19H21N5O4S/c1-4-10-23-17(25)13-11-20-18(29(3,27)28)22-16(13)24(23)14-7-6-12-8-9-19(26,5-2)15(12)21-14/h4,6-7,11,26H,1,5,8-10H2,2-3H3. The lowest BCUT2D eigenvalue weighted by molar-refractivity contribution is 0.0306. The first kappa shape index (κ1) is 19.5. The third-order valence-corrected chi connectivity index (χ3v) is 6.16. The van der Waals surface area contributed by atoms with E-state index in [-0.39, 0.29) is 28.3 Å². The highest BCUT2D eigenvalue weighted by Gasteiger charge is 2.37. The van der Waals surface area contributed by atoms with Crippen LogP contribution in [0.2, 0.25) is 0 Å². The predicted octanol–water partition coefficient (Wildman–Crippen LogP) is 1.11. The molecule has 0 radical (unpaired) electrons. The van der Waals surface area contributed by atoms with Crippen LogP contribution in [0.3, 0.4) is 0 Å². The summed E-state index contributed by atoms with van der Waals surface area (Å²) in [4.78, 5) is 25.5. The molecule has 0 saturated heterocycles. The van der Waals surface area contributed by atoms with Gasteiger partial charge in [-0.3, -0.25) is 4.79 Å². The van der Waals surface area contributed by atoms with Crippen molar-refractivity contribution in [1.29, 1.82) is 0 Å². The Labute approximate surface area is 167 Å². The SMILES string of the molecule is C=CCn1c(=O)c2cnc(S(C)(=O)=O)nc2n1-c1ccc2c(n1)C(O)(CC)CC2. The van der Waals surface area contributed by atoms with Crippen molar-refractivity contribution in [2.24, 2.45) is 0 Å². The first-order valence-corrected chi connectivity index (χ1v) is 11.1. The molecule has 0 aliphatic heterocycles. The quantitative estimate of drug-likeness (QED) is 0.489. The normalized spacial score (nSPS) is 18.9. The van der Waals surface area contributed by atoms with Crippen molar-refractivity contribution in [2.45, 2.75) is 43.5 Å². The minimum absolute atomic E-state index is 0.137. The molecule has 152 valence electrons. The Morgan fingerprint density at radius 2 is 2.10 bits per heavy atom. The number of aryl methyl sites for hydroxylation is 1. The molecular formula is C19H21N5O4S. The van der Waals surface area contributed by atoms with Crippen LogP contribution >= 0.6 is 0 Å². The molecule has 0 aromatic carbocycles. The molecule has 0 amide bonds. The van der Waals surface area contributed by atoms with Gasteiger partial charge in [-0.2, -0.15) is 4.98 Å². The van der Waals surface area contributed by atoms with Gasteiger partial charge in [-0.05, 0) is 30.9 Å². The number of rotatable bonds is 5. The number of pyridine rings is 1. The monoisotopic (exact) mass is 415 g/mol. The Kier molecular flexibility index (Phi) is 4.43. The molecule has 9 nitrogen and oxygen atoms in total.